The monoisotopic (exact) mass is 348 g/mol. The maximum Gasteiger partial charge on any atom is 0.292 e. The lowest BCUT2D eigenvalue weighted by molar-refractivity contribution is -0.151. The van der Waals surface area contributed by atoms with Gasteiger partial charge in [-0.25, -0.2) is 0 Å². The second kappa shape index (κ2) is 6.29. The number of rotatable bonds is 4. The average Bonchev–Trinajstić information content (AvgIpc) is 3.01. The Bertz CT molecular complexity index is 677. The van der Waals surface area contributed by atoms with E-state index in [1.807, 2.05) is 6.92 Å². The van der Waals surface area contributed by atoms with Gasteiger partial charge in [-0.1, -0.05) is 26.0 Å². The Labute approximate surface area is 148 Å². The summed E-state index contributed by atoms with van der Waals surface area (Å²) in [5.41, 5.74) is 0.486. The Hall–Kier alpha value is -1.59. The van der Waals surface area contributed by atoms with E-state index in [0.717, 1.165) is 24.8 Å². The zero-order valence-corrected chi connectivity index (χ0v) is 15.0. The summed E-state index contributed by atoms with van der Waals surface area (Å²) in [5.74, 6) is -0.412. The van der Waals surface area contributed by atoms with Crippen molar-refractivity contribution in [3.8, 4) is 5.95 Å². The zero-order chi connectivity index (χ0) is 18.4. The molecule has 2 aliphatic rings. The molecule has 3 rings (SSSR count). The number of carbonyl (C=O) groups excluding carboxylic acids is 1. The molecule has 0 saturated heterocycles. The molecule has 25 heavy (non-hydrogen) atoms. The zero-order valence-electron chi connectivity index (χ0n) is 15.0. The number of allylic oxidation sites excluding steroid dienone is 1. The smallest absolute Gasteiger partial charge is 0.292 e. The number of Topliss-reactive ketones (excluding diaryl/α,β-unsaturated/α-hetero) is 1. The van der Waals surface area contributed by atoms with Gasteiger partial charge in [0.15, 0.2) is 5.78 Å². The molecule has 2 saturated carbocycles. The highest BCUT2D eigenvalue weighted by atomic mass is 16.5. The van der Waals surface area contributed by atoms with E-state index in [0.29, 0.717) is 6.42 Å². The van der Waals surface area contributed by atoms with Crippen LogP contribution in [0.3, 0.4) is 0 Å². The Morgan fingerprint density at radius 2 is 2.12 bits per heavy atom. The first-order chi connectivity index (χ1) is 11.7. The number of aromatic hydroxyl groups is 1. The van der Waals surface area contributed by atoms with Gasteiger partial charge in [0.25, 0.3) is 5.95 Å². The summed E-state index contributed by atoms with van der Waals surface area (Å²) in [6.45, 7) is 8.27. The predicted molar refractivity (Wildman–Crippen MR) is 93.2 cm³/mol. The average molecular weight is 348 g/mol. The normalized spacial score (nSPS) is 38.4. The number of hydrogen-bond donors (Lipinski definition) is 3. The van der Waals surface area contributed by atoms with Crippen molar-refractivity contribution in [2.45, 2.75) is 52.1 Å². The van der Waals surface area contributed by atoms with Crippen molar-refractivity contribution in [3.05, 3.63) is 30.0 Å². The van der Waals surface area contributed by atoms with Gasteiger partial charge < -0.3 is 19.7 Å². The minimum absolute atomic E-state index is 0.0357. The van der Waals surface area contributed by atoms with Gasteiger partial charge in [-0.05, 0) is 49.0 Å². The molecule has 2 fully saturated rings. The van der Waals surface area contributed by atoms with Crippen LogP contribution in [0.5, 0.6) is 5.95 Å². The standard InChI is InChI=1S/C20H28O5/c1-12-4-5-16-19(2,8-6-17(23)20(16,3)11-21)14(12)10-15(22)13-7-9-25-18(13)24/h7,9,14,16-17,21,23-24H,1,4-6,8,10-11H2,2-3H3/t14-,16?,17-,19+,20+/m1/s1. The Kier molecular flexibility index (Phi) is 4.58. The molecular formula is C20H28O5. The van der Waals surface area contributed by atoms with Crippen LogP contribution < -0.4 is 0 Å². The summed E-state index contributed by atoms with van der Waals surface area (Å²) >= 11 is 0. The number of furan rings is 1. The molecule has 2 aliphatic carbocycles. The molecule has 0 radical (unpaired) electrons. The third kappa shape index (κ3) is 2.74. The van der Waals surface area contributed by atoms with E-state index in [9.17, 15) is 20.1 Å². The number of aliphatic hydroxyl groups is 2. The Morgan fingerprint density at radius 1 is 1.40 bits per heavy atom. The molecule has 3 N–H and O–H groups in total. The van der Waals surface area contributed by atoms with Crippen LogP contribution in [0.2, 0.25) is 0 Å². The van der Waals surface area contributed by atoms with Crippen molar-refractivity contribution in [2.24, 2.45) is 22.7 Å². The highest BCUT2D eigenvalue weighted by molar-refractivity contribution is 5.98. The van der Waals surface area contributed by atoms with Gasteiger partial charge >= 0.3 is 0 Å². The quantitative estimate of drug-likeness (QED) is 0.574. The molecule has 0 bridgehead atoms. The lowest BCUT2D eigenvalue weighted by Gasteiger charge is -2.59. The van der Waals surface area contributed by atoms with E-state index >= 15 is 0 Å². The predicted octanol–water partition coefficient (Wildman–Crippen LogP) is 3.30. The summed E-state index contributed by atoms with van der Waals surface area (Å²) in [6, 6.07) is 1.49. The van der Waals surface area contributed by atoms with Crippen LogP contribution in [0.25, 0.3) is 0 Å². The molecule has 1 aromatic heterocycles. The number of ketones is 1. The second-order valence-corrected chi connectivity index (χ2v) is 8.29. The van der Waals surface area contributed by atoms with Crippen molar-refractivity contribution in [2.75, 3.05) is 6.61 Å². The highest BCUT2D eigenvalue weighted by Crippen LogP contribution is 2.61. The van der Waals surface area contributed by atoms with Crippen molar-refractivity contribution in [1.82, 2.24) is 0 Å². The van der Waals surface area contributed by atoms with E-state index in [1.165, 1.54) is 12.3 Å². The van der Waals surface area contributed by atoms with Gasteiger partial charge in [-0.15, -0.1) is 0 Å². The SMILES string of the molecule is C=C1CCC2[C@](C)(CO)[C@H](O)CC[C@@]2(C)[C@@H]1CC(=O)c1ccoc1O. The fraction of sp³-hybridized carbons (Fsp3) is 0.650. The topological polar surface area (TPSA) is 90.9 Å². The Morgan fingerprint density at radius 3 is 2.72 bits per heavy atom. The molecule has 5 heteroatoms. The number of carbonyl (C=O) groups is 1. The first-order valence-electron chi connectivity index (χ1n) is 9.00. The summed E-state index contributed by atoms with van der Waals surface area (Å²) in [7, 11) is 0. The van der Waals surface area contributed by atoms with Crippen LogP contribution >= 0.6 is 0 Å². The van der Waals surface area contributed by atoms with Gasteiger partial charge in [0.1, 0.15) is 5.56 Å². The second-order valence-electron chi connectivity index (χ2n) is 8.29. The van der Waals surface area contributed by atoms with Crippen LogP contribution in [0.4, 0.5) is 0 Å². The molecule has 0 aromatic carbocycles. The molecular weight excluding hydrogens is 320 g/mol. The van der Waals surface area contributed by atoms with Crippen molar-refractivity contribution in [3.63, 3.8) is 0 Å². The minimum atomic E-state index is -0.563. The van der Waals surface area contributed by atoms with Crippen LogP contribution in [-0.2, 0) is 0 Å². The molecule has 138 valence electrons. The van der Waals surface area contributed by atoms with Crippen molar-refractivity contribution >= 4 is 5.78 Å². The fourth-order valence-electron chi connectivity index (χ4n) is 5.39. The maximum atomic E-state index is 12.7. The molecule has 5 atom stereocenters. The van der Waals surface area contributed by atoms with Gasteiger partial charge in [-0.2, -0.15) is 0 Å². The highest BCUT2D eigenvalue weighted by Gasteiger charge is 2.57. The first kappa shape index (κ1) is 18.2. The lowest BCUT2D eigenvalue weighted by atomic mass is 9.46. The Balaban J connectivity index is 1.92. The molecule has 1 unspecified atom stereocenters. The molecule has 1 aromatic rings. The third-order valence-electron chi connectivity index (χ3n) is 7.03. The summed E-state index contributed by atoms with van der Waals surface area (Å²) in [4.78, 5) is 12.7. The number of fused-ring (bicyclic) bond motifs is 1. The number of hydrogen-bond acceptors (Lipinski definition) is 5. The van der Waals surface area contributed by atoms with E-state index < -0.39 is 11.5 Å². The summed E-state index contributed by atoms with van der Waals surface area (Å²) < 4.78 is 4.84. The molecule has 5 nitrogen and oxygen atoms in total. The van der Waals surface area contributed by atoms with Gasteiger partial charge in [0.05, 0.1) is 19.0 Å². The third-order valence-corrected chi connectivity index (χ3v) is 7.03. The van der Waals surface area contributed by atoms with Crippen LogP contribution in [0.1, 0.15) is 56.3 Å². The maximum absolute atomic E-state index is 12.7. The van der Waals surface area contributed by atoms with Crippen molar-refractivity contribution < 1.29 is 24.5 Å². The van der Waals surface area contributed by atoms with E-state index in [1.54, 1.807) is 0 Å². The summed E-state index contributed by atoms with van der Waals surface area (Å²) in [6.07, 6.45) is 4.10. The van der Waals surface area contributed by atoms with Gasteiger partial charge in [-0.3, -0.25) is 4.79 Å². The number of aliphatic hydroxyl groups excluding tert-OH is 2. The van der Waals surface area contributed by atoms with Gasteiger partial charge in [0.2, 0.25) is 0 Å². The molecule has 0 aliphatic heterocycles. The van der Waals surface area contributed by atoms with E-state index in [2.05, 4.69) is 13.5 Å². The van der Waals surface area contributed by atoms with Crippen LogP contribution in [-0.4, -0.2) is 33.8 Å². The molecule has 0 amide bonds. The summed E-state index contributed by atoms with van der Waals surface area (Å²) in [5, 5.41) is 30.2. The van der Waals surface area contributed by atoms with E-state index in [-0.39, 0.29) is 47.6 Å². The van der Waals surface area contributed by atoms with Crippen LogP contribution in [0, 0.1) is 22.7 Å². The first-order valence-corrected chi connectivity index (χ1v) is 9.00. The molecule has 1 heterocycles. The molecule has 0 spiro atoms. The van der Waals surface area contributed by atoms with Crippen molar-refractivity contribution in [1.29, 1.82) is 0 Å². The largest absolute Gasteiger partial charge is 0.480 e. The van der Waals surface area contributed by atoms with Gasteiger partial charge in [0, 0.05) is 11.8 Å². The minimum Gasteiger partial charge on any atom is -0.480 e. The fourth-order valence-corrected chi connectivity index (χ4v) is 5.39. The lowest BCUT2D eigenvalue weighted by Crippen LogP contribution is -2.57. The van der Waals surface area contributed by atoms with E-state index in [4.69, 9.17) is 4.42 Å². The van der Waals surface area contributed by atoms with Crippen LogP contribution in [0.15, 0.2) is 28.9 Å².